The van der Waals surface area contributed by atoms with Gasteiger partial charge in [-0.3, -0.25) is 15.2 Å². The third kappa shape index (κ3) is 2.81. The summed E-state index contributed by atoms with van der Waals surface area (Å²) in [6.45, 7) is 0. The molecule has 0 aliphatic rings. The van der Waals surface area contributed by atoms with Crippen LogP contribution in [0.15, 0.2) is 30.3 Å². The predicted octanol–water partition coefficient (Wildman–Crippen LogP) is 0.763. The highest BCUT2D eigenvalue weighted by Gasteiger charge is 2.23. The van der Waals surface area contributed by atoms with Crippen LogP contribution in [0.25, 0.3) is 0 Å². The van der Waals surface area contributed by atoms with Crippen LogP contribution in [-0.2, 0) is 11.2 Å². The molecule has 5 heteroatoms. The molecule has 5 nitrogen and oxygen atoms in total. The van der Waals surface area contributed by atoms with Crippen LogP contribution >= 0.6 is 0 Å². The van der Waals surface area contributed by atoms with E-state index in [9.17, 15) is 4.79 Å². The van der Waals surface area contributed by atoms with Gasteiger partial charge in [-0.2, -0.15) is 0 Å². The van der Waals surface area contributed by atoms with Crippen LogP contribution in [0.1, 0.15) is 5.56 Å². The Kier molecular flexibility index (Phi) is 2.67. The lowest BCUT2D eigenvalue weighted by molar-refractivity contribution is -0.327. The van der Waals surface area contributed by atoms with Gasteiger partial charge in [-0.05, 0) is 5.56 Å². The quantitative estimate of drug-likeness (QED) is 0.589. The maximum absolute atomic E-state index is 10.9. The van der Waals surface area contributed by atoms with Crippen LogP contribution in [0.5, 0.6) is 0 Å². The summed E-state index contributed by atoms with van der Waals surface area (Å²) in [5, 5.41) is 17.0. The number of hydroxylamine groups is 2. The first-order valence-electron chi connectivity index (χ1n) is 4.83. The monoisotopic (exact) mass is 199 g/mol. The van der Waals surface area contributed by atoms with Gasteiger partial charge in [0.15, 0.2) is 6.04 Å². The molecule has 0 saturated carbocycles. The van der Waals surface area contributed by atoms with Crippen LogP contribution < -0.4 is 0 Å². The lowest BCUT2D eigenvalue weighted by Crippen LogP contribution is -2.38. The van der Waals surface area contributed by atoms with Crippen LogP contribution in [-0.4, -0.2) is 32.8 Å². The molecular formula is C9H11NO4. The normalized spacial score (nSPS) is 14.6. The van der Waals surface area contributed by atoms with E-state index < -0.39 is 12.0 Å². The van der Waals surface area contributed by atoms with Gasteiger partial charge in [-0.15, -0.1) is 0 Å². The van der Waals surface area contributed by atoms with Gasteiger partial charge in [-0.25, -0.2) is 0 Å². The predicted molar refractivity (Wildman–Crippen MR) is 47.0 cm³/mol. The summed E-state index contributed by atoms with van der Waals surface area (Å²) >= 11 is 0. The third-order valence-electron chi connectivity index (χ3n) is 1.81. The average Bonchev–Trinajstić information content (AvgIpc) is 2.30. The molecule has 3 N–H and O–H groups in total. The Morgan fingerprint density at radius 1 is 1.43 bits per heavy atom. The van der Waals surface area contributed by atoms with Gasteiger partial charge in [0.05, 0.1) is 0 Å². The molecule has 0 spiro atoms. The van der Waals surface area contributed by atoms with Crippen LogP contribution in [0, 0.1) is 0 Å². The van der Waals surface area contributed by atoms with Crippen molar-refractivity contribution in [2.24, 2.45) is 0 Å². The Balaban J connectivity index is 2.76. The zero-order valence-electron chi connectivity index (χ0n) is 9.29. The second kappa shape index (κ2) is 4.71. The molecule has 0 aromatic heterocycles. The number of carboxylic acid groups (broad SMARTS) is 1. The largest absolute Gasteiger partial charge is 0.480 e. The molecule has 0 aliphatic carbocycles. The highest BCUT2D eigenvalue weighted by atomic mass is 16.8. The van der Waals surface area contributed by atoms with Gasteiger partial charge in [-0.1, -0.05) is 35.6 Å². The second-order valence-electron chi connectivity index (χ2n) is 2.83. The summed E-state index contributed by atoms with van der Waals surface area (Å²) in [6, 6.07) is 7.57. The van der Waals surface area contributed by atoms with E-state index in [-0.39, 0.29) is 6.42 Å². The van der Waals surface area contributed by atoms with Gasteiger partial charge in [0.25, 0.3) is 0 Å². The molecule has 0 fully saturated rings. The Bertz CT molecular complexity index is 332. The zero-order valence-corrected chi connectivity index (χ0v) is 7.29. The van der Waals surface area contributed by atoms with Crippen LogP contribution in [0.3, 0.4) is 0 Å². The highest BCUT2D eigenvalue weighted by Crippen LogP contribution is 2.06. The Morgan fingerprint density at radius 2 is 2.07 bits per heavy atom. The van der Waals surface area contributed by atoms with E-state index in [2.05, 4.69) is 10.4 Å². The summed E-state index contributed by atoms with van der Waals surface area (Å²) < 4.78 is 13.1. The first kappa shape index (κ1) is 7.93. The van der Waals surface area contributed by atoms with Crippen molar-refractivity contribution >= 4 is 5.97 Å². The minimum atomic E-state index is -1.24. The Hall–Kier alpha value is -1.43. The van der Waals surface area contributed by atoms with Crippen molar-refractivity contribution < 1.29 is 23.2 Å². The lowest BCUT2D eigenvalue weighted by Gasteiger charge is -2.15. The smallest absolute Gasteiger partial charge is 0.326 e. The summed E-state index contributed by atoms with van der Waals surface area (Å²) in [5.41, 5.74) is 0.744. The van der Waals surface area contributed by atoms with Crippen molar-refractivity contribution in [1.29, 1.82) is 0 Å². The molecule has 0 aliphatic heterocycles. The molecule has 1 atom stereocenters. The number of rotatable bonds is 6. The van der Waals surface area contributed by atoms with E-state index in [1.807, 2.05) is 0 Å². The molecule has 76 valence electrons. The van der Waals surface area contributed by atoms with Gasteiger partial charge < -0.3 is 5.11 Å². The summed E-state index contributed by atoms with van der Waals surface area (Å²) in [4.78, 5) is 10.9. The number of carbonyl (C=O) groups is 1. The molecule has 0 saturated heterocycles. The van der Waals surface area contributed by atoms with Crippen LogP contribution in [0.4, 0.5) is 0 Å². The average molecular weight is 199 g/mol. The molecule has 0 radical (unpaired) electrons. The fourth-order valence-electron chi connectivity index (χ4n) is 1.09. The molecule has 0 bridgehead atoms. The van der Waals surface area contributed by atoms with Gasteiger partial charge in [0.1, 0.15) is 0 Å². The number of nitrogens with zero attached hydrogens (tertiary/aromatic N) is 1. The first-order chi connectivity index (χ1) is 7.69. The number of carboxylic acids is 1. The second-order valence-corrected chi connectivity index (χ2v) is 2.83. The van der Waals surface area contributed by atoms with E-state index in [1.54, 1.807) is 30.3 Å². The number of benzene rings is 1. The van der Waals surface area contributed by atoms with Crippen LogP contribution in [0.2, 0.25) is 2.86 Å². The molecule has 1 aromatic rings. The van der Waals surface area contributed by atoms with Crippen molar-refractivity contribution in [3.05, 3.63) is 35.9 Å². The first-order valence-corrected chi connectivity index (χ1v) is 4.01. The maximum atomic E-state index is 10.9. The van der Waals surface area contributed by atoms with Crippen molar-refractivity contribution in [2.45, 2.75) is 12.5 Å². The fourth-order valence-corrected chi connectivity index (χ4v) is 1.09. The molecule has 0 heterocycles. The van der Waals surface area contributed by atoms with Crippen molar-refractivity contribution in [1.82, 2.24) is 5.23 Å². The maximum Gasteiger partial charge on any atom is 0.326 e. The van der Waals surface area contributed by atoms with Gasteiger partial charge in [0, 0.05) is 6.42 Å². The summed E-state index contributed by atoms with van der Waals surface area (Å²) in [6.07, 6.45) is 0.0773. The fraction of sp³-hybridized carbons (Fsp3) is 0.222. The molecule has 14 heavy (non-hydrogen) atoms. The SMILES string of the molecule is [2H]ON(O[2H])[C@@H](Cc1ccccc1)C(=O)O. The van der Waals surface area contributed by atoms with E-state index in [4.69, 9.17) is 7.97 Å². The topological polar surface area (TPSA) is 81.0 Å². The van der Waals surface area contributed by atoms with Gasteiger partial charge >= 0.3 is 5.97 Å². The number of hydrogen-bond donors (Lipinski definition) is 3. The third-order valence-corrected chi connectivity index (χ3v) is 1.81. The molecule has 1 rings (SSSR count). The van der Waals surface area contributed by atoms with E-state index in [1.165, 1.54) is 0 Å². The zero-order chi connectivity index (χ0) is 12.0. The summed E-state index contributed by atoms with van der Waals surface area (Å²) in [5.74, 6) is -1.23. The Labute approximate surface area is 83.7 Å². The minimum absolute atomic E-state index is 0.0773. The Morgan fingerprint density at radius 3 is 2.57 bits per heavy atom. The molecule has 0 unspecified atom stereocenters. The van der Waals surface area contributed by atoms with Crippen molar-refractivity contribution in [3.63, 3.8) is 0 Å². The van der Waals surface area contributed by atoms with E-state index in [0.717, 1.165) is 5.56 Å². The van der Waals surface area contributed by atoms with E-state index in [0.29, 0.717) is 5.23 Å². The summed E-state index contributed by atoms with van der Waals surface area (Å²) in [7, 11) is 0. The molecule has 1 aromatic carbocycles. The van der Waals surface area contributed by atoms with Crippen molar-refractivity contribution in [2.75, 3.05) is 0 Å². The number of aliphatic carboxylic acids is 1. The molecule has 0 amide bonds. The van der Waals surface area contributed by atoms with Gasteiger partial charge in [0.2, 0.25) is 2.86 Å². The van der Waals surface area contributed by atoms with Crippen molar-refractivity contribution in [3.8, 4) is 0 Å². The minimum Gasteiger partial charge on any atom is -0.480 e. The lowest BCUT2D eigenvalue weighted by atomic mass is 10.1. The molecular weight excluding hydrogens is 186 g/mol. The van der Waals surface area contributed by atoms with E-state index >= 15 is 0 Å². The standard InChI is InChI=1S/C9H11NO4/c11-9(12)8(10(13)14)6-7-4-2-1-3-5-7/h1-5,8,13-14H,6H2,(H,11,12)/t8-/m0/s1/i13D,14D. The highest BCUT2D eigenvalue weighted by molar-refractivity contribution is 5.73. The number of hydrogen-bond acceptors (Lipinski definition) is 4.